The molecule has 4 nitrogen and oxygen atoms in total. The minimum absolute atomic E-state index is 0.0776. The molecule has 1 aromatic carbocycles. The van der Waals surface area contributed by atoms with Gasteiger partial charge in [0.15, 0.2) is 0 Å². The van der Waals surface area contributed by atoms with Gasteiger partial charge in [-0.15, -0.1) is 18.2 Å². The van der Waals surface area contributed by atoms with Crippen molar-refractivity contribution in [1.82, 2.24) is 5.32 Å². The Bertz CT molecular complexity index is 887. The molecule has 1 N–H and O–H groups in total. The fourth-order valence-corrected chi connectivity index (χ4v) is 3.13. The van der Waals surface area contributed by atoms with E-state index in [1.54, 1.807) is 18.0 Å². The molecule has 3 aromatic rings. The molecule has 0 atom stereocenters. The maximum Gasteiger partial charge on any atom is 0.217 e. The standard InChI is InChI=1S/C19H17NO3S/c1-3-9-24-15-6-7-18-16(11-15)17(12-20-13(2)21)19(23-18)10-14-5-4-8-22-14/h1,4-8,11H,9-10,12H2,2H3,(H,20,21). The van der Waals surface area contributed by atoms with Crippen LogP contribution in [0.4, 0.5) is 0 Å². The van der Waals surface area contributed by atoms with E-state index >= 15 is 0 Å². The third-order valence-electron chi connectivity index (χ3n) is 3.60. The van der Waals surface area contributed by atoms with Crippen molar-refractivity contribution < 1.29 is 13.6 Å². The average Bonchev–Trinajstić information content (AvgIpc) is 3.18. The molecule has 2 aromatic heterocycles. The molecule has 0 spiro atoms. The van der Waals surface area contributed by atoms with Crippen LogP contribution in [0.1, 0.15) is 24.0 Å². The maximum absolute atomic E-state index is 11.3. The van der Waals surface area contributed by atoms with Crippen molar-refractivity contribution in [2.75, 3.05) is 5.75 Å². The average molecular weight is 339 g/mol. The van der Waals surface area contributed by atoms with E-state index in [9.17, 15) is 4.79 Å². The van der Waals surface area contributed by atoms with E-state index in [4.69, 9.17) is 15.3 Å². The van der Waals surface area contributed by atoms with Crippen LogP contribution in [0.3, 0.4) is 0 Å². The summed E-state index contributed by atoms with van der Waals surface area (Å²) in [4.78, 5) is 12.4. The molecular weight excluding hydrogens is 322 g/mol. The van der Waals surface area contributed by atoms with Gasteiger partial charge in [-0.25, -0.2) is 0 Å². The van der Waals surface area contributed by atoms with Gasteiger partial charge >= 0.3 is 0 Å². The van der Waals surface area contributed by atoms with Crippen molar-refractivity contribution in [3.05, 3.63) is 53.7 Å². The normalized spacial score (nSPS) is 10.7. The number of thioether (sulfide) groups is 1. The molecule has 0 unspecified atom stereocenters. The van der Waals surface area contributed by atoms with Gasteiger partial charge in [-0.1, -0.05) is 5.92 Å². The quantitative estimate of drug-likeness (QED) is 0.545. The number of furan rings is 2. The van der Waals surface area contributed by atoms with Crippen molar-refractivity contribution in [3.63, 3.8) is 0 Å². The topological polar surface area (TPSA) is 55.4 Å². The van der Waals surface area contributed by atoms with E-state index in [0.29, 0.717) is 18.7 Å². The summed E-state index contributed by atoms with van der Waals surface area (Å²) in [5, 5.41) is 3.85. The Kier molecular flexibility index (Phi) is 4.97. The highest BCUT2D eigenvalue weighted by molar-refractivity contribution is 7.99. The first-order valence-corrected chi connectivity index (χ1v) is 8.53. The molecule has 122 valence electrons. The second-order valence-electron chi connectivity index (χ2n) is 5.32. The summed E-state index contributed by atoms with van der Waals surface area (Å²) in [6, 6.07) is 9.75. The highest BCUT2D eigenvalue weighted by Gasteiger charge is 2.16. The van der Waals surface area contributed by atoms with Gasteiger partial charge in [0, 0.05) is 29.3 Å². The van der Waals surface area contributed by atoms with Crippen LogP contribution in [-0.4, -0.2) is 11.7 Å². The molecule has 2 heterocycles. The minimum Gasteiger partial charge on any atom is -0.469 e. The minimum atomic E-state index is -0.0776. The third-order valence-corrected chi connectivity index (χ3v) is 4.50. The first-order valence-electron chi connectivity index (χ1n) is 7.54. The fraction of sp³-hybridized carbons (Fsp3) is 0.211. The molecule has 0 saturated heterocycles. The molecule has 24 heavy (non-hydrogen) atoms. The van der Waals surface area contributed by atoms with Crippen LogP contribution in [0, 0.1) is 12.3 Å². The number of hydrogen-bond acceptors (Lipinski definition) is 4. The molecule has 0 aliphatic carbocycles. The van der Waals surface area contributed by atoms with Gasteiger partial charge in [0.25, 0.3) is 0 Å². The molecular formula is C19H17NO3S. The van der Waals surface area contributed by atoms with Crippen LogP contribution in [0.15, 0.2) is 50.3 Å². The molecule has 0 aliphatic heterocycles. The number of amides is 1. The summed E-state index contributed by atoms with van der Waals surface area (Å²) < 4.78 is 11.4. The zero-order valence-electron chi connectivity index (χ0n) is 13.3. The van der Waals surface area contributed by atoms with Gasteiger partial charge in [-0.2, -0.15) is 0 Å². The van der Waals surface area contributed by atoms with E-state index < -0.39 is 0 Å². The predicted molar refractivity (Wildman–Crippen MR) is 94.8 cm³/mol. The number of benzene rings is 1. The Morgan fingerprint density at radius 2 is 2.25 bits per heavy atom. The molecule has 0 aliphatic rings. The summed E-state index contributed by atoms with van der Waals surface area (Å²) in [6.07, 6.45) is 7.52. The molecule has 0 radical (unpaired) electrons. The summed E-state index contributed by atoms with van der Waals surface area (Å²) >= 11 is 1.60. The largest absolute Gasteiger partial charge is 0.469 e. The number of hydrogen-bond donors (Lipinski definition) is 1. The molecule has 0 fully saturated rings. The number of terminal acetylenes is 1. The number of rotatable bonds is 6. The number of carbonyl (C=O) groups is 1. The highest BCUT2D eigenvalue weighted by atomic mass is 32.2. The summed E-state index contributed by atoms with van der Waals surface area (Å²) in [7, 11) is 0. The monoisotopic (exact) mass is 339 g/mol. The Hall–Kier alpha value is -2.58. The lowest BCUT2D eigenvalue weighted by atomic mass is 10.1. The summed E-state index contributed by atoms with van der Waals surface area (Å²) in [5.74, 6) is 4.78. The third kappa shape index (κ3) is 3.66. The molecule has 0 saturated carbocycles. The van der Waals surface area contributed by atoms with Gasteiger partial charge in [0.2, 0.25) is 5.91 Å². The van der Waals surface area contributed by atoms with Crippen LogP contribution in [0.2, 0.25) is 0 Å². The lowest BCUT2D eigenvalue weighted by molar-refractivity contribution is -0.119. The molecule has 1 amide bonds. The van der Waals surface area contributed by atoms with Gasteiger partial charge < -0.3 is 14.2 Å². The second kappa shape index (κ2) is 7.33. The zero-order valence-corrected chi connectivity index (χ0v) is 14.1. The van der Waals surface area contributed by atoms with E-state index in [2.05, 4.69) is 17.3 Å². The lowest BCUT2D eigenvalue weighted by Gasteiger charge is -2.04. The van der Waals surface area contributed by atoms with Gasteiger partial charge in [-0.05, 0) is 30.3 Å². The van der Waals surface area contributed by atoms with Crippen LogP contribution < -0.4 is 5.32 Å². The first kappa shape index (κ1) is 16.3. The number of nitrogens with one attached hydrogen (secondary N) is 1. The van der Waals surface area contributed by atoms with Gasteiger partial charge in [0.05, 0.1) is 18.4 Å². The van der Waals surface area contributed by atoms with E-state index in [1.165, 1.54) is 6.92 Å². The zero-order chi connectivity index (χ0) is 16.9. The second-order valence-corrected chi connectivity index (χ2v) is 6.37. The summed E-state index contributed by atoms with van der Waals surface area (Å²) in [5.41, 5.74) is 1.77. The van der Waals surface area contributed by atoms with E-state index in [1.807, 2.05) is 24.3 Å². The van der Waals surface area contributed by atoms with E-state index in [-0.39, 0.29) is 5.91 Å². The van der Waals surface area contributed by atoms with Crippen LogP contribution in [0.5, 0.6) is 0 Å². The Labute approximate surface area is 144 Å². The predicted octanol–water partition coefficient (Wildman–Crippen LogP) is 3.98. The Morgan fingerprint density at radius 1 is 1.38 bits per heavy atom. The van der Waals surface area contributed by atoms with Crippen molar-refractivity contribution in [3.8, 4) is 12.3 Å². The first-order chi connectivity index (χ1) is 11.7. The van der Waals surface area contributed by atoms with Crippen LogP contribution in [-0.2, 0) is 17.8 Å². The van der Waals surface area contributed by atoms with Crippen molar-refractivity contribution >= 4 is 28.6 Å². The van der Waals surface area contributed by atoms with Crippen molar-refractivity contribution in [2.24, 2.45) is 0 Å². The summed E-state index contributed by atoms with van der Waals surface area (Å²) in [6.45, 7) is 1.92. The highest BCUT2D eigenvalue weighted by Crippen LogP contribution is 2.31. The van der Waals surface area contributed by atoms with Crippen molar-refractivity contribution in [1.29, 1.82) is 0 Å². The molecule has 0 bridgehead atoms. The molecule has 5 heteroatoms. The van der Waals surface area contributed by atoms with Crippen LogP contribution >= 0.6 is 11.8 Å². The maximum atomic E-state index is 11.3. The lowest BCUT2D eigenvalue weighted by Crippen LogP contribution is -2.19. The van der Waals surface area contributed by atoms with Crippen molar-refractivity contribution in [2.45, 2.75) is 24.8 Å². The smallest absolute Gasteiger partial charge is 0.217 e. The Balaban J connectivity index is 1.99. The Morgan fingerprint density at radius 3 is 2.96 bits per heavy atom. The van der Waals surface area contributed by atoms with Gasteiger partial charge in [0.1, 0.15) is 17.1 Å². The van der Waals surface area contributed by atoms with Crippen LogP contribution in [0.25, 0.3) is 11.0 Å². The van der Waals surface area contributed by atoms with Gasteiger partial charge in [-0.3, -0.25) is 4.79 Å². The van der Waals surface area contributed by atoms with E-state index in [0.717, 1.165) is 32.9 Å². The fourth-order valence-electron chi connectivity index (χ4n) is 2.51. The SMILES string of the molecule is C#CCSc1ccc2oc(Cc3ccco3)c(CNC(C)=O)c2c1. The number of carbonyl (C=O) groups excluding carboxylic acids is 1. The molecule has 3 rings (SSSR count). The number of fused-ring (bicyclic) bond motifs is 1.